The second-order valence-corrected chi connectivity index (χ2v) is 10.4. The van der Waals surface area contributed by atoms with Crippen LogP contribution in [0.4, 0.5) is 4.39 Å². The molecule has 1 N–H and O–H groups in total. The minimum Gasteiger partial charge on any atom is -0.393 e. The van der Waals surface area contributed by atoms with Crippen LogP contribution in [-0.4, -0.2) is 36.2 Å². The number of hydrogen-bond acceptors (Lipinski definition) is 2. The molecule has 1 saturated heterocycles. The molecule has 2 fully saturated rings. The zero-order chi connectivity index (χ0) is 24.5. The molecule has 0 bridgehead atoms. The second kappa shape index (κ2) is 13.2. The molecule has 1 saturated carbocycles. The van der Waals surface area contributed by atoms with E-state index in [1.807, 2.05) is 12.1 Å². The highest BCUT2D eigenvalue weighted by molar-refractivity contribution is 5.45. The van der Waals surface area contributed by atoms with Gasteiger partial charge in [0.1, 0.15) is 5.82 Å². The van der Waals surface area contributed by atoms with E-state index in [9.17, 15) is 9.50 Å². The van der Waals surface area contributed by atoms with Crippen LogP contribution in [0.2, 0.25) is 0 Å². The zero-order valence-corrected chi connectivity index (χ0v) is 21.5. The summed E-state index contributed by atoms with van der Waals surface area (Å²) in [7, 11) is 2.10. The average Bonchev–Trinajstić information content (AvgIpc) is 3.71. The zero-order valence-electron chi connectivity index (χ0n) is 21.5. The van der Waals surface area contributed by atoms with Crippen molar-refractivity contribution in [2.75, 3.05) is 20.1 Å². The Labute approximate surface area is 206 Å². The number of aliphatic hydroxyl groups excluding tert-OH is 1. The Morgan fingerprint density at radius 3 is 2.47 bits per heavy atom. The van der Waals surface area contributed by atoms with Gasteiger partial charge in [0.15, 0.2) is 0 Å². The highest BCUT2D eigenvalue weighted by Crippen LogP contribution is 2.42. The van der Waals surface area contributed by atoms with E-state index in [0.29, 0.717) is 17.8 Å². The molecule has 4 atom stereocenters. The molecule has 1 aliphatic heterocycles. The topological polar surface area (TPSA) is 23.5 Å². The van der Waals surface area contributed by atoms with Crippen LogP contribution < -0.4 is 0 Å². The maximum Gasteiger partial charge on any atom is 0.123 e. The number of aliphatic hydroxyl groups is 1. The van der Waals surface area contributed by atoms with Crippen LogP contribution in [-0.2, 0) is 6.42 Å². The molecule has 0 radical (unpaired) electrons. The Hall–Kier alpha value is -1.97. The van der Waals surface area contributed by atoms with Crippen LogP contribution in [0.3, 0.4) is 0 Å². The van der Waals surface area contributed by atoms with Crippen molar-refractivity contribution in [1.82, 2.24) is 4.90 Å². The molecule has 2 aromatic carbocycles. The molecular weight excluding hydrogens is 421 g/mol. The van der Waals surface area contributed by atoms with E-state index in [0.717, 1.165) is 45.2 Å². The van der Waals surface area contributed by atoms with Crippen molar-refractivity contribution < 1.29 is 9.50 Å². The van der Waals surface area contributed by atoms with Gasteiger partial charge in [0.05, 0.1) is 6.10 Å². The molecule has 2 aliphatic carbocycles. The summed E-state index contributed by atoms with van der Waals surface area (Å²) in [4.78, 5) is 2.26. The molecular formula is C31H44FNO. The highest BCUT2D eigenvalue weighted by atomic mass is 19.1. The van der Waals surface area contributed by atoms with Crippen molar-refractivity contribution in [2.24, 2.45) is 5.92 Å². The third-order valence-electron chi connectivity index (χ3n) is 7.36. The Balaban J connectivity index is 0.000000193. The quantitative estimate of drug-likeness (QED) is 0.474. The van der Waals surface area contributed by atoms with E-state index in [1.54, 1.807) is 12.1 Å². The molecule has 2 aromatic rings. The summed E-state index contributed by atoms with van der Waals surface area (Å²) in [5.41, 5.74) is 5.34. The summed E-state index contributed by atoms with van der Waals surface area (Å²) in [6, 6.07) is 14.0. The van der Waals surface area contributed by atoms with Gasteiger partial charge in [0, 0.05) is 19.0 Å². The number of rotatable bonds is 4. The SMILES string of the molecule is C1CC1.C=CCC1CN(C)CCC1O.CCC[C@@H]1c2ccccc2Cc2ccc(F)cc2[C@@H]1C. The van der Waals surface area contributed by atoms with Crippen LogP contribution in [0.25, 0.3) is 0 Å². The van der Waals surface area contributed by atoms with Crippen LogP contribution in [0.1, 0.15) is 92.9 Å². The fourth-order valence-corrected chi connectivity index (χ4v) is 5.26. The minimum absolute atomic E-state index is 0.107. The van der Waals surface area contributed by atoms with Crippen LogP contribution in [0, 0.1) is 11.7 Å². The number of allylic oxidation sites excluding steroid dienone is 1. The molecule has 0 spiro atoms. The van der Waals surface area contributed by atoms with Gasteiger partial charge in [-0.25, -0.2) is 4.39 Å². The molecule has 3 heteroatoms. The van der Waals surface area contributed by atoms with Gasteiger partial charge < -0.3 is 10.0 Å². The molecule has 34 heavy (non-hydrogen) atoms. The van der Waals surface area contributed by atoms with Crippen molar-refractivity contribution in [3.8, 4) is 0 Å². The molecule has 5 rings (SSSR count). The second-order valence-electron chi connectivity index (χ2n) is 10.4. The van der Waals surface area contributed by atoms with E-state index in [2.05, 4.69) is 56.6 Å². The first-order chi connectivity index (χ1) is 16.4. The summed E-state index contributed by atoms with van der Waals surface area (Å²) >= 11 is 0. The standard InChI is InChI=1S/C19H21F.C9H17NO.C3H6/c1-3-6-17-13(2)19-12-16(20)10-9-15(19)11-14-7-4-5-8-18(14)17;1-3-4-8-7-10(2)6-5-9(8)11;1-2-3-1/h4-5,7-10,12-13,17H,3,6,11H2,1-2H3;3,8-9,11H,1,4-7H2,2H3;1-3H2/t13-,17+;;/m1../s1. The molecule has 2 unspecified atom stereocenters. The first-order valence-corrected chi connectivity index (χ1v) is 13.3. The van der Waals surface area contributed by atoms with E-state index in [1.165, 1.54) is 41.5 Å². The van der Waals surface area contributed by atoms with Gasteiger partial charge in [-0.3, -0.25) is 0 Å². The lowest BCUT2D eigenvalue weighted by atomic mass is 9.80. The van der Waals surface area contributed by atoms with Gasteiger partial charge in [0.25, 0.3) is 0 Å². The molecule has 0 aromatic heterocycles. The fourth-order valence-electron chi connectivity index (χ4n) is 5.26. The monoisotopic (exact) mass is 465 g/mol. The normalized spacial score (nSPS) is 25.3. The maximum absolute atomic E-state index is 13.6. The van der Waals surface area contributed by atoms with Crippen molar-refractivity contribution in [1.29, 1.82) is 0 Å². The van der Waals surface area contributed by atoms with Gasteiger partial charge in [-0.05, 0) is 79.0 Å². The van der Waals surface area contributed by atoms with Crippen molar-refractivity contribution in [3.05, 3.63) is 83.2 Å². The summed E-state index contributed by atoms with van der Waals surface area (Å²) in [5, 5.41) is 9.54. The number of nitrogens with zero attached hydrogens (tertiary/aromatic N) is 1. The van der Waals surface area contributed by atoms with Crippen molar-refractivity contribution in [3.63, 3.8) is 0 Å². The smallest absolute Gasteiger partial charge is 0.123 e. The van der Waals surface area contributed by atoms with E-state index in [-0.39, 0.29) is 11.9 Å². The Bertz CT molecular complexity index is 905. The van der Waals surface area contributed by atoms with Crippen molar-refractivity contribution >= 4 is 0 Å². The third kappa shape index (κ3) is 7.52. The highest BCUT2D eigenvalue weighted by Gasteiger charge is 2.28. The number of likely N-dealkylation sites (tertiary alicyclic amines) is 1. The average molecular weight is 466 g/mol. The molecule has 2 nitrogen and oxygen atoms in total. The first kappa shape index (κ1) is 26.6. The summed E-state index contributed by atoms with van der Waals surface area (Å²) in [5.74, 6) is 1.17. The van der Waals surface area contributed by atoms with Gasteiger partial charge in [-0.15, -0.1) is 6.58 Å². The summed E-state index contributed by atoms with van der Waals surface area (Å²) in [6.45, 7) is 10.2. The molecule has 186 valence electrons. The van der Waals surface area contributed by atoms with E-state index >= 15 is 0 Å². The Kier molecular flexibility index (Phi) is 10.3. The molecule has 3 aliphatic rings. The van der Waals surface area contributed by atoms with Crippen molar-refractivity contribution in [2.45, 2.75) is 83.2 Å². The first-order valence-electron chi connectivity index (χ1n) is 13.3. The van der Waals surface area contributed by atoms with Crippen LogP contribution in [0.15, 0.2) is 55.1 Å². The Morgan fingerprint density at radius 2 is 1.79 bits per heavy atom. The largest absolute Gasteiger partial charge is 0.393 e. The van der Waals surface area contributed by atoms with E-state index in [4.69, 9.17) is 0 Å². The fraction of sp³-hybridized carbons (Fsp3) is 0.548. The van der Waals surface area contributed by atoms with Gasteiger partial charge >= 0.3 is 0 Å². The summed E-state index contributed by atoms with van der Waals surface area (Å²) < 4.78 is 13.6. The van der Waals surface area contributed by atoms with E-state index < -0.39 is 0 Å². The third-order valence-corrected chi connectivity index (χ3v) is 7.36. The summed E-state index contributed by atoms with van der Waals surface area (Å²) in [6.07, 6.45) is 11.4. The maximum atomic E-state index is 13.6. The predicted molar refractivity (Wildman–Crippen MR) is 142 cm³/mol. The van der Waals surface area contributed by atoms with Crippen LogP contribution >= 0.6 is 0 Å². The lowest BCUT2D eigenvalue weighted by molar-refractivity contribution is 0.0379. The minimum atomic E-state index is -0.114. The number of hydrogen-bond donors (Lipinski definition) is 1. The number of benzene rings is 2. The van der Waals surface area contributed by atoms with Gasteiger partial charge in [-0.1, -0.05) is 75.9 Å². The number of fused-ring (bicyclic) bond motifs is 2. The molecule has 0 amide bonds. The molecule has 1 heterocycles. The lowest BCUT2D eigenvalue weighted by Crippen LogP contribution is -2.40. The Morgan fingerprint density at radius 1 is 1.09 bits per heavy atom. The van der Waals surface area contributed by atoms with Crippen LogP contribution in [0.5, 0.6) is 0 Å². The van der Waals surface area contributed by atoms with Gasteiger partial charge in [-0.2, -0.15) is 0 Å². The number of piperidine rings is 1. The predicted octanol–water partition coefficient (Wildman–Crippen LogP) is 7.46. The van der Waals surface area contributed by atoms with Gasteiger partial charge in [0.2, 0.25) is 0 Å². The lowest BCUT2D eigenvalue weighted by Gasteiger charge is -2.33. The number of halogens is 1.